The van der Waals surface area contributed by atoms with Crippen LogP contribution in [0, 0.1) is 21.7 Å². The van der Waals surface area contributed by atoms with Gasteiger partial charge in [0.15, 0.2) is 0 Å². The standard InChI is InChI=1S/C43H62N6O4/c1-38(2,3)32(48-36(50)42(13,52)40(7,8)9)34-44-24-30(46-34)28-20-16-26(17-21-28)27-18-22-29(23-19-27)31-25-45-35(47-31)33(39(4,5)6)49-37(51)43(14,53-15)41(10,11)12/h16-25,32-33,52H,1-15H3,(H,44,46)(H,45,47)(H,48,50)(H,49,51)/t32-,33-,42+,43+/m1/s1. The zero-order chi connectivity index (χ0) is 39.9. The summed E-state index contributed by atoms with van der Waals surface area (Å²) in [6.45, 7) is 27.2. The molecule has 2 heterocycles. The predicted molar refractivity (Wildman–Crippen MR) is 213 cm³/mol. The largest absolute Gasteiger partial charge is 0.380 e. The molecule has 2 amide bonds. The molecule has 0 aliphatic carbocycles. The van der Waals surface area contributed by atoms with Crippen molar-refractivity contribution < 1.29 is 19.4 Å². The number of benzene rings is 2. The minimum Gasteiger partial charge on any atom is -0.380 e. The molecule has 0 unspecified atom stereocenters. The first-order valence-corrected chi connectivity index (χ1v) is 18.4. The van der Waals surface area contributed by atoms with Gasteiger partial charge in [-0.1, -0.05) is 132 Å². The molecular formula is C43H62N6O4. The maximum absolute atomic E-state index is 13.6. The minimum atomic E-state index is -1.56. The molecule has 53 heavy (non-hydrogen) atoms. The Bertz CT molecular complexity index is 1880. The van der Waals surface area contributed by atoms with Gasteiger partial charge in [0.25, 0.3) is 11.8 Å². The van der Waals surface area contributed by atoms with Gasteiger partial charge in [-0.25, -0.2) is 9.97 Å². The molecule has 2 aromatic heterocycles. The van der Waals surface area contributed by atoms with E-state index in [0.717, 1.165) is 33.6 Å². The normalized spacial score (nSPS) is 16.3. The van der Waals surface area contributed by atoms with E-state index in [9.17, 15) is 14.7 Å². The van der Waals surface area contributed by atoms with Crippen molar-refractivity contribution in [3.05, 3.63) is 72.6 Å². The number of aliphatic hydroxyl groups is 1. The van der Waals surface area contributed by atoms with Crippen molar-refractivity contribution in [1.29, 1.82) is 0 Å². The number of carbonyl (C=O) groups is 2. The maximum Gasteiger partial charge on any atom is 0.253 e. The van der Waals surface area contributed by atoms with E-state index in [1.807, 2.05) is 87.6 Å². The van der Waals surface area contributed by atoms with Gasteiger partial charge in [0, 0.05) is 7.11 Å². The van der Waals surface area contributed by atoms with Crippen molar-refractivity contribution >= 4 is 11.8 Å². The molecule has 0 saturated carbocycles. The van der Waals surface area contributed by atoms with Gasteiger partial charge in [-0.05, 0) is 57.8 Å². The smallest absolute Gasteiger partial charge is 0.253 e. The number of H-pyrrole nitrogens is 2. The van der Waals surface area contributed by atoms with Gasteiger partial charge in [0.1, 0.15) is 22.9 Å². The molecule has 0 fully saturated rings. The first kappa shape index (κ1) is 41.5. The fourth-order valence-corrected chi connectivity index (χ4v) is 5.96. The van der Waals surface area contributed by atoms with Crippen LogP contribution in [-0.4, -0.2) is 55.2 Å². The first-order chi connectivity index (χ1) is 24.2. The van der Waals surface area contributed by atoms with Gasteiger partial charge in [0.2, 0.25) is 0 Å². The number of ether oxygens (including phenoxy) is 1. The number of hydrogen-bond acceptors (Lipinski definition) is 6. The van der Waals surface area contributed by atoms with Crippen LogP contribution in [0.25, 0.3) is 33.6 Å². The number of hydrogen-bond donors (Lipinski definition) is 5. The van der Waals surface area contributed by atoms with E-state index >= 15 is 0 Å². The van der Waals surface area contributed by atoms with Crippen molar-refractivity contribution in [2.24, 2.45) is 21.7 Å². The number of nitrogens with zero attached hydrogens (tertiary/aromatic N) is 2. The zero-order valence-corrected chi connectivity index (χ0v) is 34.5. The Morgan fingerprint density at radius 2 is 0.925 bits per heavy atom. The van der Waals surface area contributed by atoms with Crippen LogP contribution in [0.15, 0.2) is 60.9 Å². The Hall–Kier alpha value is -4.28. The molecule has 2 aromatic carbocycles. The molecular weight excluding hydrogens is 665 g/mol. The third-order valence-electron chi connectivity index (χ3n) is 10.9. The number of carbonyl (C=O) groups excluding carboxylic acids is 2. The number of methoxy groups -OCH3 is 1. The lowest BCUT2D eigenvalue weighted by atomic mass is 9.76. The number of imidazole rings is 2. The van der Waals surface area contributed by atoms with E-state index < -0.39 is 34.0 Å². The second-order valence-corrected chi connectivity index (χ2v) is 18.9. The van der Waals surface area contributed by atoms with Gasteiger partial charge < -0.3 is 30.4 Å². The summed E-state index contributed by atoms with van der Waals surface area (Å²) < 4.78 is 5.75. The first-order valence-electron chi connectivity index (χ1n) is 18.4. The molecule has 10 heteroatoms. The van der Waals surface area contributed by atoms with Gasteiger partial charge >= 0.3 is 0 Å². The van der Waals surface area contributed by atoms with E-state index in [1.165, 1.54) is 0 Å². The van der Waals surface area contributed by atoms with Crippen LogP contribution in [0.2, 0.25) is 0 Å². The van der Waals surface area contributed by atoms with E-state index in [0.29, 0.717) is 11.6 Å². The summed E-state index contributed by atoms with van der Waals surface area (Å²) in [6, 6.07) is 15.7. The van der Waals surface area contributed by atoms with E-state index in [1.54, 1.807) is 20.2 Å². The quantitative estimate of drug-likeness (QED) is 0.111. The Balaban J connectivity index is 1.51. The topological polar surface area (TPSA) is 145 Å². The molecule has 4 rings (SSSR count). The van der Waals surface area contributed by atoms with Crippen LogP contribution in [0.1, 0.15) is 121 Å². The van der Waals surface area contributed by atoms with Gasteiger partial charge in [0.05, 0.1) is 35.9 Å². The molecule has 0 aliphatic heterocycles. The number of rotatable bonds is 10. The third kappa shape index (κ3) is 8.76. The average molecular weight is 727 g/mol. The fraction of sp³-hybridized carbons (Fsp3) is 0.535. The molecule has 288 valence electrons. The van der Waals surface area contributed by atoms with E-state index in [-0.39, 0.29) is 22.8 Å². The SMILES string of the molecule is CO[C@@](C)(C(=O)N[C@H](c1ncc(-c2ccc(-c3ccc(-c4cnc([C@@H](NC(=O)[C@](C)(O)C(C)(C)C)C(C)(C)C)[nH]4)cc3)cc2)[nH]1)C(C)(C)C)C(C)(C)C. The Labute approximate surface area is 316 Å². The summed E-state index contributed by atoms with van der Waals surface area (Å²) in [6.07, 6.45) is 3.59. The summed E-state index contributed by atoms with van der Waals surface area (Å²) in [5.41, 5.74) is 1.43. The third-order valence-corrected chi connectivity index (χ3v) is 10.9. The van der Waals surface area contributed by atoms with Gasteiger partial charge in [-0.2, -0.15) is 0 Å². The fourth-order valence-electron chi connectivity index (χ4n) is 5.96. The summed E-state index contributed by atoms with van der Waals surface area (Å²) in [5, 5.41) is 17.3. The second kappa shape index (κ2) is 14.5. The average Bonchev–Trinajstić information content (AvgIpc) is 3.74. The van der Waals surface area contributed by atoms with Crippen molar-refractivity contribution in [2.75, 3.05) is 7.11 Å². The van der Waals surface area contributed by atoms with E-state index in [4.69, 9.17) is 9.72 Å². The lowest BCUT2D eigenvalue weighted by molar-refractivity contribution is -0.156. The highest BCUT2D eigenvalue weighted by Crippen LogP contribution is 2.38. The van der Waals surface area contributed by atoms with Crippen molar-refractivity contribution in [2.45, 2.75) is 120 Å². The molecule has 0 radical (unpaired) electrons. The van der Waals surface area contributed by atoms with Crippen molar-refractivity contribution in [3.8, 4) is 33.6 Å². The Morgan fingerprint density at radius 3 is 1.23 bits per heavy atom. The van der Waals surface area contributed by atoms with Crippen LogP contribution in [0.3, 0.4) is 0 Å². The lowest BCUT2D eigenvalue weighted by Gasteiger charge is -2.41. The molecule has 0 aliphatic rings. The number of nitrogens with one attached hydrogen (secondary N) is 4. The van der Waals surface area contributed by atoms with Crippen LogP contribution in [-0.2, 0) is 14.3 Å². The summed E-state index contributed by atoms with van der Waals surface area (Å²) >= 11 is 0. The van der Waals surface area contributed by atoms with Crippen molar-refractivity contribution in [3.63, 3.8) is 0 Å². The highest BCUT2D eigenvalue weighted by Gasteiger charge is 2.47. The Kier molecular flexibility index (Phi) is 11.4. The number of amides is 2. The van der Waals surface area contributed by atoms with Crippen molar-refractivity contribution in [1.82, 2.24) is 30.6 Å². The zero-order valence-electron chi connectivity index (χ0n) is 34.5. The van der Waals surface area contributed by atoms with Crippen LogP contribution < -0.4 is 10.6 Å². The number of aromatic amines is 2. The van der Waals surface area contributed by atoms with Gasteiger partial charge in [-0.15, -0.1) is 0 Å². The molecule has 0 saturated heterocycles. The molecule has 0 spiro atoms. The minimum absolute atomic E-state index is 0.182. The summed E-state index contributed by atoms with van der Waals surface area (Å²) in [4.78, 5) is 43.1. The number of aromatic nitrogens is 4. The molecule has 4 aromatic rings. The van der Waals surface area contributed by atoms with Crippen LogP contribution in [0.5, 0.6) is 0 Å². The Morgan fingerprint density at radius 1 is 0.585 bits per heavy atom. The summed E-state index contributed by atoms with van der Waals surface area (Å²) in [7, 11) is 1.57. The lowest BCUT2D eigenvalue weighted by Crippen LogP contribution is -2.56. The van der Waals surface area contributed by atoms with Crippen LogP contribution >= 0.6 is 0 Å². The monoisotopic (exact) mass is 726 g/mol. The second-order valence-electron chi connectivity index (χ2n) is 18.9. The van der Waals surface area contributed by atoms with E-state index in [2.05, 4.69) is 82.8 Å². The van der Waals surface area contributed by atoms with Crippen LogP contribution in [0.4, 0.5) is 0 Å². The maximum atomic E-state index is 13.6. The predicted octanol–water partition coefficient (Wildman–Crippen LogP) is 8.79. The molecule has 0 bridgehead atoms. The molecule has 5 N–H and O–H groups in total. The molecule has 4 atom stereocenters. The molecule has 10 nitrogen and oxygen atoms in total. The highest BCUT2D eigenvalue weighted by atomic mass is 16.5. The summed E-state index contributed by atoms with van der Waals surface area (Å²) in [5.74, 6) is 0.693. The van der Waals surface area contributed by atoms with Gasteiger partial charge in [-0.3, -0.25) is 9.59 Å². The highest BCUT2D eigenvalue weighted by molar-refractivity contribution is 5.86.